The van der Waals surface area contributed by atoms with E-state index in [0.717, 1.165) is 17.9 Å². The van der Waals surface area contributed by atoms with Crippen molar-refractivity contribution < 1.29 is 19.0 Å². The first kappa shape index (κ1) is 19.9. The fourth-order valence-electron chi connectivity index (χ4n) is 4.56. The van der Waals surface area contributed by atoms with Gasteiger partial charge < -0.3 is 19.9 Å². The largest absolute Gasteiger partial charge is 0.507 e. The first-order chi connectivity index (χ1) is 15.0. The van der Waals surface area contributed by atoms with E-state index in [1.807, 2.05) is 25.3 Å². The summed E-state index contributed by atoms with van der Waals surface area (Å²) in [4.78, 5) is 0. The molecule has 9 heteroatoms. The SMILES string of the molecule is COC1C2CNC1C(F)C(Oc1ccc(-c3ccc(-n4ccc(C)n4)cc3O)nn1)C2. The summed E-state index contributed by atoms with van der Waals surface area (Å²) in [7, 11) is 1.62. The Morgan fingerprint density at radius 2 is 2.06 bits per heavy atom. The van der Waals surface area contributed by atoms with E-state index in [2.05, 4.69) is 20.6 Å². The maximum atomic E-state index is 14.9. The van der Waals surface area contributed by atoms with Gasteiger partial charge in [0.1, 0.15) is 11.9 Å². The second kappa shape index (κ2) is 7.90. The van der Waals surface area contributed by atoms with Crippen LogP contribution in [-0.4, -0.2) is 63.2 Å². The molecule has 2 fully saturated rings. The number of hydrogen-bond acceptors (Lipinski definition) is 7. The van der Waals surface area contributed by atoms with Gasteiger partial charge in [0, 0.05) is 43.5 Å². The first-order valence-electron chi connectivity index (χ1n) is 10.3. The topological polar surface area (TPSA) is 94.3 Å². The molecule has 2 N–H and O–H groups in total. The lowest BCUT2D eigenvalue weighted by Gasteiger charge is -2.36. The summed E-state index contributed by atoms with van der Waals surface area (Å²) in [5, 5.41) is 26.3. The molecule has 2 aromatic heterocycles. The zero-order chi connectivity index (χ0) is 21.5. The van der Waals surface area contributed by atoms with Crippen molar-refractivity contribution in [1.82, 2.24) is 25.3 Å². The summed E-state index contributed by atoms with van der Waals surface area (Å²) < 4.78 is 27.8. The van der Waals surface area contributed by atoms with Crippen LogP contribution in [-0.2, 0) is 4.74 Å². The number of phenols is 1. The number of aromatic nitrogens is 4. The number of aryl methyl sites for hydroxylation is 1. The molecule has 1 saturated heterocycles. The third-order valence-electron chi connectivity index (χ3n) is 6.10. The second-order valence-electron chi connectivity index (χ2n) is 8.09. The number of nitrogens with zero attached hydrogens (tertiary/aromatic N) is 4. The highest BCUT2D eigenvalue weighted by Gasteiger charge is 2.50. The molecule has 2 aliphatic rings. The number of fused-ring (bicyclic) bond motifs is 2. The Labute approximate surface area is 179 Å². The predicted octanol–water partition coefficient (Wildman–Crippen LogP) is 2.44. The zero-order valence-electron chi connectivity index (χ0n) is 17.3. The Kier molecular flexibility index (Phi) is 5.07. The van der Waals surface area contributed by atoms with Gasteiger partial charge in [0.25, 0.3) is 0 Å². The minimum absolute atomic E-state index is 0.0676. The van der Waals surface area contributed by atoms with Crippen LogP contribution in [0, 0.1) is 12.8 Å². The summed E-state index contributed by atoms with van der Waals surface area (Å²) >= 11 is 0. The molecule has 3 heterocycles. The van der Waals surface area contributed by atoms with E-state index in [1.165, 1.54) is 0 Å². The number of methoxy groups -OCH3 is 1. The monoisotopic (exact) mass is 425 g/mol. The van der Waals surface area contributed by atoms with Crippen LogP contribution in [0.4, 0.5) is 4.39 Å². The second-order valence-corrected chi connectivity index (χ2v) is 8.09. The minimum Gasteiger partial charge on any atom is -0.507 e. The number of hydrogen-bond donors (Lipinski definition) is 2. The Morgan fingerprint density at radius 1 is 1.19 bits per heavy atom. The van der Waals surface area contributed by atoms with E-state index < -0.39 is 12.3 Å². The summed E-state index contributed by atoms with van der Waals surface area (Å²) in [5.74, 6) is 0.543. The number of phenolic OH excluding ortho intramolecular Hbond substituents is 1. The highest BCUT2D eigenvalue weighted by Crippen LogP contribution is 2.36. The molecule has 8 nitrogen and oxygen atoms in total. The molecule has 1 aliphatic heterocycles. The van der Waals surface area contributed by atoms with Crippen molar-refractivity contribution in [3.8, 4) is 28.6 Å². The van der Waals surface area contributed by atoms with Crippen LogP contribution in [0.25, 0.3) is 16.9 Å². The van der Waals surface area contributed by atoms with E-state index in [4.69, 9.17) is 9.47 Å². The van der Waals surface area contributed by atoms with Crippen molar-refractivity contribution in [3.05, 3.63) is 48.3 Å². The molecule has 1 aromatic carbocycles. The molecule has 2 bridgehead atoms. The number of benzene rings is 1. The van der Waals surface area contributed by atoms with Gasteiger partial charge in [-0.2, -0.15) is 5.10 Å². The fourth-order valence-corrected chi connectivity index (χ4v) is 4.56. The summed E-state index contributed by atoms with van der Waals surface area (Å²) in [5.41, 5.74) is 2.67. The lowest BCUT2D eigenvalue weighted by molar-refractivity contribution is -0.0453. The molecule has 5 rings (SSSR count). The van der Waals surface area contributed by atoms with Crippen molar-refractivity contribution in [2.75, 3.05) is 13.7 Å². The third kappa shape index (κ3) is 3.64. The van der Waals surface area contributed by atoms with Crippen LogP contribution in [0.15, 0.2) is 42.6 Å². The van der Waals surface area contributed by atoms with Crippen LogP contribution in [0.5, 0.6) is 11.6 Å². The summed E-state index contributed by atoms with van der Waals surface area (Å²) in [6.07, 6.45) is 0.478. The maximum absolute atomic E-state index is 14.9. The number of alkyl halides is 1. The van der Waals surface area contributed by atoms with Gasteiger partial charge in [-0.15, -0.1) is 10.2 Å². The van der Waals surface area contributed by atoms with Gasteiger partial charge >= 0.3 is 0 Å². The van der Waals surface area contributed by atoms with Gasteiger partial charge in [0.2, 0.25) is 5.88 Å². The van der Waals surface area contributed by atoms with Crippen molar-refractivity contribution in [2.45, 2.75) is 37.8 Å². The first-order valence-corrected chi connectivity index (χ1v) is 10.3. The lowest BCUT2D eigenvalue weighted by atomic mass is 9.84. The molecule has 3 aromatic rings. The van der Waals surface area contributed by atoms with Crippen molar-refractivity contribution in [1.29, 1.82) is 0 Å². The molecule has 162 valence electrons. The Bertz CT molecular complexity index is 1070. The van der Waals surface area contributed by atoms with Crippen LogP contribution in [0.1, 0.15) is 12.1 Å². The molecular weight excluding hydrogens is 401 g/mol. The van der Waals surface area contributed by atoms with Gasteiger partial charge in [-0.05, 0) is 37.6 Å². The maximum Gasteiger partial charge on any atom is 0.233 e. The van der Waals surface area contributed by atoms with E-state index in [0.29, 0.717) is 17.7 Å². The molecule has 1 saturated carbocycles. The van der Waals surface area contributed by atoms with Crippen molar-refractivity contribution >= 4 is 0 Å². The summed E-state index contributed by atoms with van der Waals surface area (Å²) in [6.45, 7) is 2.63. The van der Waals surface area contributed by atoms with Gasteiger partial charge in [-0.25, -0.2) is 9.07 Å². The molecule has 5 atom stereocenters. The van der Waals surface area contributed by atoms with E-state index in [-0.39, 0.29) is 29.7 Å². The van der Waals surface area contributed by atoms with Gasteiger partial charge in [-0.1, -0.05) is 0 Å². The molecule has 31 heavy (non-hydrogen) atoms. The lowest BCUT2D eigenvalue weighted by Crippen LogP contribution is -2.52. The number of nitrogens with one attached hydrogen (secondary N) is 1. The molecule has 0 radical (unpaired) electrons. The summed E-state index contributed by atoms with van der Waals surface area (Å²) in [6, 6.07) is 10.1. The molecule has 0 spiro atoms. The molecule has 5 unspecified atom stereocenters. The van der Waals surface area contributed by atoms with Crippen LogP contribution < -0.4 is 10.1 Å². The van der Waals surface area contributed by atoms with Gasteiger partial charge in [0.05, 0.1) is 29.2 Å². The third-order valence-corrected chi connectivity index (χ3v) is 6.10. The van der Waals surface area contributed by atoms with Crippen LogP contribution in [0.3, 0.4) is 0 Å². The van der Waals surface area contributed by atoms with Gasteiger partial charge in [-0.3, -0.25) is 0 Å². The van der Waals surface area contributed by atoms with Crippen molar-refractivity contribution in [3.63, 3.8) is 0 Å². The number of ether oxygens (including phenoxy) is 2. The normalized spacial score (nSPS) is 27.4. The Hall–Kier alpha value is -3.04. The Balaban J connectivity index is 1.30. The van der Waals surface area contributed by atoms with E-state index >= 15 is 0 Å². The Morgan fingerprint density at radius 3 is 2.74 bits per heavy atom. The average Bonchev–Trinajstić information content (AvgIpc) is 3.35. The highest BCUT2D eigenvalue weighted by atomic mass is 19.1. The van der Waals surface area contributed by atoms with Crippen LogP contribution >= 0.6 is 0 Å². The number of rotatable bonds is 5. The predicted molar refractivity (Wildman–Crippen MR) is 111 cm³/mol. The molecule has 1 aliphatic carbocycles. The van der Waals surface area contributed by atoms with Crippen LogP contribution in [0.2, 0.25) is 0 Å². The zero-order valence-corrected chi connectivity index (χ0v) is 17.3. The number of halogens is 1. The number of aromatic hydroxyl groups is 1. The van der Waals surface area contributed by atoms with Gasteiger partial charge in [0.15, 0.2) is 6.17 Å². The quantitative estimate of drug-likeness (QED) is 0.648. The van der Waals surface area contributed by atoms with E-state index in [1.54, 1.807) is 36.1 Å². The minimum atomic E-state index is -1.19. The standard InChI is InChI=1S/C22H24FN5O3/c1-12-7-8-28(27-12)14-3-4-15(17(29)10-14)16-5-6-19(26-25-16)31-18-9-13-11-24-21(20(18)23)22(13)30-2/h3-8,10,13,18,20-22,24,29H,9,11H2,1-2H3. The smallest absolute Gasteiger partial charge is 0.233 e. The average molecular weight is 425 g/mol. The molecule has 0 amide bonds. The fraction of sp³-hybridized carbons (Fsp3) is 0.409. The van der Waals surface area contributed by atoms with Crippen molar-refractivity contribution in [2.24, 2.45) is 5.92 Å². The highest BCUT2D eigenvalue weighted by molar-refractivity contribution is 5.68. The van der Waals surface area contributed by atoms with E-state index in [9.17, 15) is 9.50 Å². The molecular formula is C22H24FN5O3.